The third-order valence-electron chi connectivity index (χ3n) is 3.21. The zero-order chi connectivity index (χ0) is 14.1. The van der Waals surface area contributed by atoms with Gasteiger partial charge in [0.25, 0.3) is 11.8 Å². The minimum absolute atomic E-state index is 0.257. The Labute approximate surface area is 115 Å². The summed E-state index contributed by atoms with van der Waals surface area (Å²) in [6, 6.07) is 6.95. The fraction of sp³-hybridized carbons (Fsp3) is 0.143. The van der Waals surface area contributed by atoms with Crippen molar-refractivity contribution in [3.63, 3.8) is 0 Å². The SMILES string of the molecule is CN1C(=O)c2ccc(NCc3ccncn3)cc2C1=O. The Morgan fingerprint density at radius 2 is 1.95 bits per heavy atom. The number of amides is 2. The molecule has 0 aliphatic carbocycles. The van der Waals surface area contributed by atoms with Gasteiger partial charge in [-0.2, -0.15) is 0 Å². The van der Waals surface area contributed by atoms with Crippen molar-refractivity contribution in [2.45, 2.75) is 6.54 Å². The van der Waals surface area contributed by atoms with Crippen LogP contribution in [-0.2, 0) is 6.54 Å². The largest absolute Gasteiger partial charge is 0.379 e. The van der Waals surface area contributed by atoms with Crippen molar-refractivity contribution < 1.29 is 9.59 Å². The van der Waals surface area contributed by atoms with Crippen molar-refractivity contribution in [1.82, 2.24) is 14.9 Å². The number of imide groups is 1. The normalized spacial score (nSPS) is 13.6. The van der Waals surface area contributed by atoms with Crippen LogP contribution < -0.4 is 5.32 Å². The summed E-state index contributed by atoms with van der Waals surface area (Å²) < 4.78 is 0. The first-order chi connectivity index (χ1) is 9.66. The minimum Gasteiger partial charge on any atom is -0.379 e. The minimum atomic E-state index is -0.268. The van der Waals surface area contributed by atoms with Crippen LogP contribution in [-0.4, -0.2) is 33.7 Å². The van der Waals surface area contributed by atoms with Gasteiger partial charge >= 0.3 is 0 Å². The molecule has 1 aromatic carbocycles. The summed E-state index contributed by atoms with van der Waals surface area (Å²) in [5.74, 6) is -0.525. The average molecular weight is 268 g/mol. The van der Waals surface area contributed by atoms with E-state index >= 15 is 0 Å². The lowest BCUT2D eigenvalue weighted by Crippen LogP contribution is -2.24. The molecule has 2 amide bonds. The molecule has 3 rings (SSSR count). The van der Waals surface area contributed by atoms with Crippen LogP contribution in [0, 0.1) is 0 Å². The fourth-order valence-corrected chi connectivity index (χ4v) is 2.09. The Morgan fingerprint density at radius 1 is 1.15 bits per heavy atom. The number of carbonyl (C=O) groups is 2. The molecule has 0 unspecified atom stereocenters. The number of hydrogen-bond donors (Lipinski definition) is 1. The Hall–Kier alpha value is -2.76. The van der Waals surface area contributed by atoms with Crippen molar-refractivity contribution in [2.75, 3.05) is 12.4 Å². The standard InChI is InChI=1S/C14H12N4O2/c1-18-13(19)11-3-2-9(6-12(11)14(18)20)16-7-10-4-5-15-8-17-10/h2-6,8,16H,7H2,1H3. The molecule has 20 heavy (non-hydrogen) atoms. The second-order valence-electron chi connectivity index (χ2n) is 4.48. The van der Waals surface area contributed by atoms with Gasteiger partial charge in [-0.05, 0) is 24.3 Å². The molecule has 0 bridgehead atoms. The summed E-state index contributed by atoms with van der Waals surface area (Å²) in [5.41, 5.74) is 2.51. The maximum atomic E-state index is 11.9. The number of rotatable bonds is 3. The van der Waals surface area contributed by atoms with Crippen LogP contribution in [0.2, 0.25) is 0 Å². The molecule has 6 heteroatoms. The molecule has 6 nitrogen and oxygen atoms in total. The summed E-state index contributed by atoms with van der Waals surface area (Å²) >= 11 is 0. The molecule has 1 aromatic heterocycles. The van der Waals surface area contributed by atoms with Gasteiger partial charge in [-0.25, -0.2) is 9.97 Å². The van der Waals surface area contributed by atoms with Crippen molar-refractivity contribution in [3.8, 4) is 0 Å². The van der Waals surface area contributed by atoms with E-state index in [1.807, 2.05) is 6.07 Å². The van der Waals surface area contributed by atoms with Gasteiger partial charge in [0, 0.05) is 18.9 Å². The van der Waals surface area contributed by atoms with Crippen molar-refractivity contribution in [2.24, 2.45) is 0 Å². The quantitative estimate of drug-likeness (QED) is 0.849. The van der Waals surface area contributed by atoms with Crippen LogP contribution in [0.15, 0.2) is 36.8 Å². The molecule has 100 valence electrons. The Morgan fingerprint density at radius 3 is 2.70 bits per heavy atom. The predicted octanol–water partition coefficient (Wildman–Crippen LogP) is 1.31. The number of carbonyl (C=O) groups excluding carboxylic acids is 2. The lowest BCUT2D eigenvalue weighted by molar-refractivity contribution is 0.0693. The van der Waals surface area contributed by atoms with Crippen molar-refractivity contribution in [3.05, 3.63) is 53.6 Å². The highest BCUT2D eigenvalue weighted by Gasteiger charge is 2.32. The van der Waals surface area contributed by atoms with E-state index in [1.165, 1.54) is 13.4 Å². The Balaban J connectivity index is 1.80. The van der Waals surface area contributed by atoms with E-state index in [1.54, 1.807) is 24.4 Å². The van der Waals surface area contributed by atoms with Gasteiger partial charge in [-0.3, -0.25) is 14.5 Å². The third kappa shape index (κ3) is 2.01. The van der Waals surface area contributed by atoms with Crippen LogP contribution in [0.1, 0.15) is 26.4 Å². The first-order valence-corrected chi connectivity index (χ1v) is 6.12. The zero-order valence-corrected chi connectivity index (χ0v) is 10.8. The van der Waals surface area contributed by atoms with Gasteiger partial charge in [0.15, 0.2) is 0 Å². The Kier molecular flexibility index (Phi) is 2.90. The van der Waals surface area contributed by atoms with Crippen LogP contribution >= 0.6 is 0 Å². The number of nitrogens with zero attached hydrogens (tertiary/aromatic N) is 3. The van der Waals surface area contributed by atoms with E-state index in [9.17, 15) is 9.59 Å². The van der Waals surface area contributed by atoms with E-state index in [2.05, 4.69) is 15.3 Å². The predicted molar refractivity (Wildman–Crippen MR) is 72.2 cm³/mol. The van der Waals surface area contributed by atoms with E-state index in [0.717, 1.165) is 16.3 Å². The Bertz CT molecular complexity index is 685. The van der Waals surface area contributed by atoms with E-state index < -0.39 is 0 Å². The maximum Gasteiger partial charge on any atom is 0.261 e. The van der Waals surface area contributed by atoms with Gasteiger partial charge in [0.2, 0.25) is 0 Å². The number of hydrogen-bond acceptors (Lipinski definition) is 5. The van der Waals surface area contributed by atoms with Crippen LogP contribution in [0.4, 0.5) is 5.69 Å². The van der Waals surface area contributed by atoms with Crippen LogP contribution in [0.25, 0.3) is 0 Å². The topological polar surface area (TPSA) is 75.2 Å². The summed E-state index contributed by atoms with van der Waals surface area (Å²) in [6.45, 7) is 0.527. The third-order valence-corrected chi connectivity index (χ3v) is 3.21. The number of fused-ring (bicyclic) bond motifs is 1. The lowest BCUT2D eigenvalue weighted by Gasteiger charge is -2.06. The molecule has 0 spiro atoms. The highest BCUT2D eigenvalue weighted by atomic mass is 16.2. The first-order valence-electron chi connectivity index (χ1n) is 6.12. The zero-order valence-electron chi connectivity index (χ0n) is 10.8. The molecule has 2 heterocycles. The molecule has 1 aliphatic heterocycles. The molecule has 0 atom stereocenters. The van der Waals surface area contributed by atoms with Gasteiger partial charge in [0.05, 0.1) is 23.4 Å². The molecule has 0 fully saturated rings. The van der Waals surface area contributed by atoms with E-state index in [4.69, 9.17) is 0 Å². The molecule has 1 aliphatic rings. The molecular weight excluding hydrogens is 256 g/mol. The summed E-state index contributed by atoms with van der Waals surface area (Å²) in [6.07, 6.45) is 3.15. The molecule has 0 saturated carbocycles. The number of anilines is 1. The van der Waals surface area contributed by atoms with Gasteiger partial charge in [-0.1, -0.05) is 0 Å². The summed E-state index contributed by atoms with van der Waals surface area (Å²) in [4.78, 5) is 32.7. The monoisotopic (exact) mass is 268 g/mol. The molecule has 1 N–H and O–H groups in total. The molecule has 0 radical (unpaired) electrons. The van der Waals surface area contributed by atoms with Crippen LogP contribution in [0.5, 0.6) is 0 Å². The number of aromatic nitrogens is 2. The first kappa shape index (κ1) is 12.3. The highest BCUT2D eigenvalue weighted by molar-refractivity contribution is 6.21. The number of nitrogens with one attached hydrogen (secondary N) is 1. The molecule has 2 aromatic rings. The van der Waals surface area contributed by atoms with Gasteiger partial charge in [0.1, 0.15) is 6.33 Å². The lowest BCUT2D eigenvalue weighted by atomic mass is 10.1. The summed E-state index contributed by atoms with van der Waals surface area (Å²) in [7, 11) is 1.48. The van der Waals surface area contributed by atoms with Gasteiger partial charge < -0.3 is 5.32 Å². The second kappa shape index (κ2) is 4.73. The molecular formula is C14H12N4O2. The number of benzene rings is 1. The van der Waals surface area contributed by atoms with E-state index in [0.29, 0.717) is 17.7 Å². The highest BCUT2D eigenvalue weighted by Crippen LogP contribution is 2.24. The van der Waals surface area contributed by atoms with Crippen LogP contribution in [0.3, 0.4) is 0 Å². The summed E-state index contributed by atoms with van der Waals surface area (Å²) in [5, 5.41) is 3.17. The van der Waals surface area contributed by atoms with Crippen molar-refractivity contribution >= 4 is 17.5 Å². The van der Waals surface area contributed by atoms with E-state index in [-0.39, 0.29) is 11.8 Å². The van der Waals surface area contributed by atoms with Crippen molar-refractivity contribution in [1.29, 1.82) is 0 Å². The molecule has 0 saturated heterocycles. The smallest absolute Gasteiger partial charge is 0.261 e. The average Bonchev–Trinajstić information content (AvgIpc) is 2.71. The fourth-order valence-electron chi connectivity index (χ4n) is 2.09. The van der Waals surface area contributed by atoms with Gasteiger partial charge in [-0.15, -0.1) is 0 Å². The second-order valence-corrected chi connectivity index (χ2v) is 4.48. The maximum absolute atomic E-state index is 11.9.